The molecule has 72 valence electrons. The predicted octanol–water partition coefficient (Wildman–Crippen LogP) is 0.511. The van der Waals surface area contributed by atoms with Crippen LogP contribution in [0.25, 0.3) is 0 Å². The summed E-state index contributed by atoms with van der Waals surface area (Å²) < 4.78 is 5.50. The normalized spacial score (nSPS) is 39.2. The number of aliphatic hydroxyl groups excluding tert-OH is 1. The molecule has 1 aliphatic rings. The van der Waals surface area contributed by atoms with Gasteiger partial charge in [-0.15, -0.1) is 0 Å². The molecule has 0 aromatic heterocycles. The fraction of sp³-hybridized carbons (Fsp3) is 1.00. The average Bonchev–Trinajstić information content (AvgIpc) is 2.04. The molecule has 0 aliphatic heterocycles. The molecule has 0 bridgehead atoms. The lowest BCUT2D eigenvalue weighted by atomic mass is 9.55. The van der Waals surface area contributed by atoms with Crippen LogP contribution in [0.2, 0.25) is 0 Å². The Kier molecular flexibility index (Phi) is 2.47. The van der Waals surface area contributed by atoms with Gasteiger partial charge in [0.05, 0.1) is 12.7 Å². The summed E-state index contributed by atoms with van der Waals surface area (Å²) in [5.74, 6) is 0. The van der Waals surface area contributed by atoms with E-state index in [-0.39, 0.29) is 18.1 Å². The van der Waals surface area contributed by atoms with Crippen LogP contribution >= 0.6 is 0 Å². The standard InChI is InChI=1S/C9H19NO2/c1-4-12-7-5-9(10,6-11)8(7,2)3/h7,11H,4-6,10H2,1-3H3/t7-,9-/m1/s1. The number of nitrogens with two attached hydrogens (primary N) is 1. The molecule has 3 heteroatoms. The molecule has 0 aromatic carbocycles. The van der Waals surface area contributed by atoms with Crippen LogP contribution in [0.4, 0.5) is 0 Å². The van der Waals surface area contributed by atoms with Crippen molar-refractivity contribution in [1.82, 2.24) is 0 Å². The molecular formula is C9H19NO2. The monoisotopic (exact) mass is 173 g/mol. The molecule has 2 atom stereocenters. The zero-order valence-corrected chi connectivity index (χ0v) is 8.13. The number of ether oxygens (including phenoxy) is 1. The highest BCUT2D eigenvalue weighted by molar-refractivity contribution is 5.13. The summed E-state index contributed by atoms with van der Waals surface area (Å²) in [6.07, 6.45) is 0.976. The Hall–Kier alpha value is -0.120. The van der Waals surface area contributed by atoms with Gasteiger partial charge in [0.25, 0.3) is 0 Å². The van der Waals surface area contributed by atoms with Gasteiger partial charge in [0.2, 0.25) is 0 Å². The molecule has 0 aromatic rings. The third-order valence-electron chi connectivity index (χ3n) is 3.29. The molecule has 1 rings (SSSR count). The molecule has 1 saturated carbocycles. The molecule has 0 spiro atoms. The maximum absolute atomic E-state index is 9.09. The molecule has 12 heavy (non-hydrogen) atoms. The van der Waals surface area contributed by atoms with Crippen LogP contribution in [0.15, 0.2) is 0 Å². The van der Waals surface area contributed by atoms with Crippen molar-refractivity contribution in [2.75, 3.05) is 13.2 Å². The van der Waals surface area contributed by atoms with Crippen LogP contribution in [0, 0.1) is 5.41 Å². The van der Waals surface area contributed by atoms with Crippen molar-refractivity contribution in [3.63, 3.8) is 0 Å². The Morgan fingerprint density at radius 2 is 2.17 bits per heavy atom. The smallest absolute Gasteiger partial charge is 0.0662 e. The Balaban J connectivity index is 2.59. The Bertz CT molecular complexity index is 170. The second kappa shape index (κ2) is 2.98. The fourth-order valence-corrected chi connectivity index (χ4v) is 1.78. The summed E-state index contributed by atoms with van der Waals surface area (Å²) in [7, 11) is 0. The summed E-state index contributed by atoms with van der Waals surface area (Å²) in [5, 5.41) is 9.09. The summed E-state index contributed by atoms with van der Waals surface area (Å²) in [6.45, 7) is 6.84. The minimum absolute atomic E-state index is 0.0452. The van der Waals surface area contributed by atoms with Gasteiger partial charge in [-0.25, -0.2) is 0 Å². The molecule has 0 heterocycles. The van der Waals surface area contributed by atoms with E-state index in [0.29, 0.717) is 0 Å². The summed E-state index contributed by atoms with van der Waals surface area (Å²) in [4.78, 5) is 0. The van der Waals surface area contributed by atoms with E-state index >= 15 is 0 Å². The minimum Gasteiger partial charge on any atom is -0.394 e. The van der Waals surface area contributed by atoms with Gasteiger partial charge in [-0.05, 0) is 13.3 Å². The second-order valence-electron chi connectivity index (χ2n) is 4.18. The lowest BCUT2D eigenvalue weighted by Gasteiger charge is -2.58. The van der Waals surface area contributed by atoms with Crippen LogP contribution in [0.5, 0.6) is 0 Å². The van der Waals surface area contributed by atoms with Gasteiger partial charge >= 0.3 is 0 Å². The average molecular weight is 173 g/mol. The highest BCUT2D eigenvalue weighted by Gasteiger charge is 2.58. The largest absolute Gasteiger partial charge is 0.394 e. The predicted molar refractivity (Wildman–Crippen MR) is 47.8 cm³/mol. The van der Waals surface area contributed by atoms with E-state index < -0.39 is 5.54 Å². The molecule has 3 nitrogen and oxygen atoms in total. The SMILES string of the molecule is CCO[C@@H]1C[C@@](N)(CO)C1(C)C. The molecule has 0 amide bonds. The van der Waals surface area contributed by atoms with Crippen molar-refractivity contribution in [3.8, 4) is 0 Å². The third kappa shape index (κ3) is 1.16. The van der Waals surface area contributed by atoms with Crippen LogP contribution < -0.4 is 5.73 Å². The fourth-order valence-electron chi connectivity index (χ4n) is 1.78. The summed E-state index contributed by atoms with van der Waals surface area (Å²) in [6, 6.07) is 0. The van der Waals surface area contributed by atoms with Crippen LogP contribution in [-0.4, -0.2) is 30.0 Å². The molecule has 0 saturated heterocycles. The third-order valence-corrected chi connectivity index (χ3v) is 3.29. The first-order valence-electron chi connectivity index (χ1n) is 4.49. The first-order valence-corrected chi connectivity index (χ1v) is 4.49. The maximum Gasteiger partial charge on any atom is 0.0662 e. The van der Waals surface area contributed by atoms with Crippen molar-refractivity contribution >= 4 is 0 Å². The van der Waals surface area contributed by atoms with Gasteiger partial charge < -0.3 is 15.6 Å². The minimum atomic E-state index is -0.438. The molecular weight excluding hydrogens is 154 g/mol. The van der Waals surface area contributed by atoms with Crippen LogP contribution in [-0.2, 0) is 4.74 Å². The topological polar surface area (TPSA) is 55.5 Å². The van der Waals surface area contributed by atoms with E-state index in [1.54, 1.807) is 0 Å². The van der Waals surface area contributed by atoms with E-state index in [2.05, 4.69) is 0 Å². The van der Waals surface area contributed by atoms with E-state index in [9.17, 15) is 0 Å². The Morgan fingerprint density at radius 3 is 2.50 bits per heavy atom. The van der Waals surface area contributed by atoms with Gasteiger partial charge in [0.1, 0.15) is 0 Å². The Morgan fingerprint density at radius 1 is 1.58 bits per heavy atom. The van der Waals surface area contributed by atoms with Gasteiger partial charge in [0, 0.05) is 17.6 Å². The highest BCUT2D eigenvalue weighted by atomic mass is 16.5. The quantitative estimate of drug-likeness (QED) is 0.654. The van der Waals surface area contributed by atoms with Gasteiger partial charge in [0.15, 0.2) is 0 Å². The molecule has 0 unspecified atom stereocenters. The van der Waals surface area contributed by atoms with Crippen molar-refractivity contribution in [1.29, 1.82) is 0 Å². The van der Waals surface area contributed by atoms with E-state index in [0.717, 1.165) is 13.0 Å². The Labute approximate surface area is 73.9 Å². The van der Waals surface area contributed by atoms with Crippen molar-refractivity contribution in [3.05, 3.63) is 0 Å². The summed E-state index contributed by atoms with van der Waals surface area (Å²) >= 11 is 0. The first kappa shape index (κ1) is 9.96. The van der Waals surface area contributed by atoms with Crippen LogP contribution in [0.3, 0.4) is 0 Å². The molecule has 0 radical (unpaired) electrons. The summed E-state index contributed by atoms with van der Waals surface area (Å²) in [5.41, 5.74) is 5.43. The molecule has 1 fully saturated rings. The van der Waals surface area contributed by atoms with Crippen molar-refractivity contribution in [2.45, 2.75) is 38.8 Å². The lowest BCUT2D eigenvalue weighted by Crippen LogP contribution is -2.71. The zero-order valence-electron chi connectivity index (χ0n) is 8.13. The zero-order chi connectivity index (χ0) is 9.41. The number of hydrogen-bond donors (Lipinski definition) is 2. The number of aliphatic hydroxyl groups is 1. The second-order valence-corrected chi connectivity index (χ2v) is 4.18. The highest BCUT2D eigenvalue weighted by Crippen LogP contribution is 2.49. The van der Waals surface area contributed by atoms with Crippen molar-refractivity contribution in [2.24, 2.45) is 11.1 Å². The maximum atomic E-state index is 9.09. The lowest BCUT2D eigenvalue weighted by molar-refractivity contribution is -0.162. The van der Waals surface area contributed by atoms with Gasteiger partial charge in [-0.2, -0.15) is 0 Å². The van der Waals surface area contributed by atoms with Gasteiger partial charge in [-0.1, -0.05) is 13.8 Å². The number of hydrogen-bond acceptors (Lipinski definition) is 3. The van der Waals surface area contributed by atoms with E-state index in [1.165, 1.54) is 0 Å². The molecule has 3 N–H and O–H groups in total. The van der Waals surface area contributed by atoms with E-state index in [4.69, 9.17) is 15.6 Å². The number of rotatable bonds is 3. The van der Waals surface area contributed by atoms with Crippen LogP contribution in [0.1, 0.15) is 27.2 Å². The van der Waals surface area contributed by atoms with Gasteiger partial charge in [-0.3, -0.25) is 0 Å². The van der Waals surface area contributed by atoms with Crippen molar-refractivity contribution < 1.29 is 9.84 Å². The first-order chi connectivity index (χ1) is 5.48. The van der Waals surface area contributed by atoms with E-state index in [1.807, 2.05) is 20.8 Å². The molecule has 1 aliphatic carbocycles.